The van der Waals surface area contributed by atoms with Crippen molar-refractivity contribution in [2.24, 2.45) is 4.99 Å². The number of hydrogen-bond donors (Lipinski definition) is 2. The monoisotopic (exact) mass is 336 g/mol. The van der Waals surface area contributed by atoms with Crippen molar-refractivity contribution in [1.82, 2.24) is 15.5 Å². The van der Waals surface area contributed by atoms with Gasteiger partial charge in [-0.15, -0.1) is 11.3 Å². The molecule has 2 heterocycles. The van der Waals surface area contributed by atoms with E-state index in [9.17, 15) is 0 Å². The van der Waals surface area contributed by atoms with E-state index >= 15 is 0 Å². The summed E-state index contributed by atoms with van der Waals surface area (Å²) in [4.78, 5) is 10.2. The molecule has 1 atom stereocenters. The van der Waals surface area contributed by atoms with Crippen LogP contribution in [0.4, 0.5) is 0 Å². The smallest absolute Gasteiger partial charge is 0.191 e. The van der Waals surface area contributed by atoms with Gasteiger partial charge in [-0.2, -0.15) is 0 Å². The third-order valence-corrected chi connectivity index (χ3v) is 5.36. The molecule has 1 saturated heterocycles. The molecule has 2 aliphatic rings. The van der Waals surface area contributed by atoms with E-state index in [1.807, 2.05) is 11.3 Å². The molecule has 23 heavy (non-hydrogen) atoms. The number of morpholine rings is 1. The van der Waals surface area contributed by atoms with Gasteiger partial charge in [0.05, 0.1) is 25.8 Å². The lowest BCUT2D eigenvalue weighted by Gasteiger charge is -2.33. The van der Waals surface area contributed by atoms with Gasteiger partial charge in [-0.3, -0.25) is 9.89 Å². The Morgan fingerprint density at radius 3 is 2.78 bits per heavy atom. The highest BCUT2D eigenvalue weighted by Gasteiger charge is 2.25. The summed E-state index contributed by atoms with van der Waals surface area (Å²) < 4.78 is 5.52. The minimum absolute atomic E-state index is 0.354. The third kappa shape index (κ3) is 4.93. The summed E-state index contributed by atoms with van der Waals surface area (Å²) >= 11 is 1.89. The lowest BCUT2D eigenvalue weighted by atomic mass is 10.2. The number of ether oxygens (including phenoxy) is 1. The van der Waals surface area contributed by atoms with Crippen molar-refractivity contribution in [3.05, 3.63) is 21.9 Å². The second-order valence-corrected chi connectivity index (χ2v) is 7.57. The maximum absolute atomic E-state index is 5.52. The van der Waals surface area contributed by atoms with E-state index in [0.717, 1.165) is 45.4 Å². The highest BCUT2D eigenvalue weighted by molar-refractivity contribution is 7.12. The topological polar surface area (TPSA) is 48.9 Å². The molecule has 6 heteroatoms. The summed E-state index contributed by atoms with van der Waals surface area (Å²) in [7, 11) is 0. The van der Waals surface area contributed by atoms with Crippen LogP contribution < -0.4 is 10.6 Å². The number of hydrogen-bond acceptors (Lipinski definition) is 4. The maximum atomic E-state index is 5.52. The van der Waals surface area contributed by atoms with Gasteiger partial charge < -0.3 is 15.4 Å². The van der Waals surface area contributed by atoms with Crippen LogP contribution in [0, 0.1) is 6.92 Å². The molecular formula is C17H28N4OS. The molecule has 3 rings (SSSR count). The van der Waals surface area contributed by atoms with Crippen molar-refractivity contribution < 1.29 is 4.74 Å². The molecule has 1 aromatic heterocycles. The Hall–Kier alpha value is -1.11. The molecule has 0 radical (unpaired) electrons. The summed E-state index contributed by atoms with van der Waals surface area (Å²) in [6.07, 6.45) is 2.53. The zero-order valence-corrected chi connectivity index (χ0v) is 15.0. The molecule has 2 fully saturated rings. The first-order valence-corrected chi connectivity index (χ1v) is 9.51. The van der Waals surface area contributed by atoms with Crippen LogP contribution in [0.1, 0.15) is 35.6 Å². The summed E-state index contributed by atoms with van der Waals surface area (Å²) in [6, 6.07) is 5.45. The van der Waals surface area contributed by atoms with Crippen LogP contribution >= 0.6 is 11.3 Å². The van der Waals surface area contributed by atoms with Crippen molar-refractivity contribution >= 4 is 17.3 Å². The van der Waals surface area contributed by atoms with Gasteiger partial charge in [0.1, 0.15) is 0 Å². The highest BCUT2D eigenvalue weighted by Crippen LogP contribution is 2.28. The first-order valence-electron chi connectivity index (χ1n) is 8.69. The van der Waals surface area contributed by atoms with E-state index in [1.54, 1.807) is 0 Å². The molecule has 0 amide bonds. The Bertz CT molecular complexity index is 520. The van der Waals surface area contributed by atoms with Crippen LogP contribution in [-0.4, -0.2) is 56.3 Å². The van der Waals surface area contributed by atoms with E-state index in [-0.39, 0.29) is 0 Å². The van der Waals surface area contributed by atoms with E-state index in [4.69, 9.17) is 9.73 Å². The molecule has 0 aromatic carbocycles. The maximum Gasteiger partial charge on any atom is 0.191 e. The average Bonchev–Trinajstić information content (AvgIpc) is 3.28. The van der Waals surface area contributed by atoms with Crippen molar-refractivity contribution in [2.45, 2.75) is 38.8 Å². The standard InChI is InChI=1S/C17H28N4OS/c1-3-18-17(20-14-5-6-14)19-12-15(16-7-4-13(2)23-16)21-8-10-22-11-9-21/h4,7,14-15H,3,5-6,8-12H2,1-2H3,(H2,18,19,20). The summed E-state index contributed by atoms with van der Waals surface area (Å²) in [5.41, 5.74) is 0. The number of aliphatic imine (C=N–C) groups is 1. The second-order valence-electron chi connectivity index (χ2n) is 6.25. The van der Waals surface area contributed by atoms with Gasteiger partial charge >= 0.3 is 0 Å². The Labute approximate surface area is 143 Å². The van der Waals surface area contributed by atoms with Crippen LogP contribution in [0.2, 0.25) is 0 Å². The van der Waals surface area contributed by atoms with Gasteiger partial charge in [0, 0.05) is 35.4 Å². The van der Waals surface area contributed by atoms with Crippen molar-refractivity contribution in [2.75, 3.05) is 39.4 Å². The Kier molecular flexibility index (Phi) is 5.91. The number of guanidine groups is 1. The molecule has 1 aliphatic carbocycles. The fourth-order valence-electron chi connectivity index (χ4n) is 2.83. The fourth-order valence-corrected chi connectivity index (χ4v) is 3.83. The normalized spacial score (nSPS) is 21.2. The second kappa shape index (κ2) is 8.13. The zero-order valence-electron chi connectivity index (χ0n) is 14.2. The Morgan fingerprint density at radius 2 is 2.17 bits per heavy atom. The Morgan fingerprint density at radius 1 is 1.39 bits per heavy atom. The molecule has 5 nitrogen and oxygen atoms in total. The highest BCUT2D eigenvalue weighted by atomic mass is 32.1. The van der Waals surface area contributed by atoms with Gasteiger partial charge in [0.15, 0.2) is 5.96 Å². The zero-order chi connectivity index (χ0) is 16.1. The minimum Gasteiger partial charge on any atom is -0.379 e. The molecule has 1 aromatic rings. The van der Waals surface area contributed by atoms with Gasteiger partial charge in [-0.1, -0.05) is 0 Å². The van der Waals surface area contributed by atoms with E-state index in [2.05, 4.69) is 41.5 Å². The van der Waals surface area contributed by atoms with Crippen LogP contribution in [0.15, 0.2) is 17.1 Å². The summed E-state index contributed by atoms with van der Waals surface area (Å²) in [5, 5.41) is 6.87. The number of thiophene rings is 1. The molecule has 0 bridgehead atoms. The average molecular weight is 337 g/mol. The van der Waals surface area contributed by atoms with E-state index < -0.39 is 0 Å². The number of rotatable bonds is 6. The number of nitrogens with zero attached hydrogens (tertiary/aromatic N) is 2. The Balaban J connectivity index is 1.71. The van der Waals surface area contributed by atoms with Crippen LogP contribution in [0.5, 0.6) is 0 Å². The van der Waals surface area contributed by atoms with Gasteiger partial charge in [-0.05, 0) is 38.8 Å². The molecule has 2 N–H and O–H groups in total. The third-order valence-electron chi connectivity index (χ3n) is 4.26. The van der Waals surface area contributed by atoms with Crippen molar-refractivity contribution in [3.63, 3.8) is 0 Å². The lowest BCUT2D eigenvalue weighted by Crippen LogP contribution is -2.42. The van der Waals surface area contributed by atoms with Crippen LogP contribution in [0.25, 0.3) is 0 Å². The lowest BCUT2D eigenvalue weighted by molar-refractivity contribution is 0.0186. The van der Waals surface area contributed by atoms with E-state index in [1.165, 1.54) is 22.6 Å². The summed E-state index contributed by atoms with van der Waals surface area (Å²) in [6.45, 7) is 9.61. The SMILES string of the molecule is CCNC(=NCC(c1ccc(C)s1)N1CCOCC1)NC1CC1. The molecular weight excluding hydrogens is 308 g/mol. The molecule has 1 aliphatic heterocycles. The predicted octanol–water partition coefficient (Wildman–Crippen LogP) is 2.15. The number of aryl methyl sites for hydroxylation is 1. The summed E-state index contributed by atoms with van der Waals surface area (Å²) in [5.74, 6) is 0.960. The molecule has 1 unspecified atom stereocenters. The predicted molar refractivity (Wildman–Crippen MR) is 96.3 cm³/mol. The van der Waals surface area contributed by atoms with Gasteiger partial charge in [0.2, 0.25) is 0 Å². The van der Waals surface area contributed by atoms with Gasteiger partial charge in [-0.25, -0.2) is 0 Å². The minimum atomic E-state index is 0.354. The fraction of sp³-hybridized carbons (Fsp3) is 0.706. The molecule has 1 saturated carbocycles. The van der Waals surface area contributed by atoms with Crippen molar-refractivity contribution in [1.29, 1.82) is 0 Å². The van der Waals surface area contributed by atoms with Crippen LogP contribution in [-0.2, 0) is 4.74 Å². The van der Waals surface area contributed by atoms with E-state index in [0.29, 0.717) is 12.1 Å². The van der Waals surface area contributed by atoms with Crippen molar-refractivity contribution in [3.8, 4) is 0 Å². The first-order chi connectivity index (χ1) is 11.3. The molecule has 0 spiro atoms. The van der Waals surface area contributed by atoms with Gasteiger partial charge in [0.25, 0.3) is 0 Å². The van der Waals surface area contributed by atoms with Crippen LogP contribution in [0.3, 0.4) is 0 Å². The molecule has 128 valence electrons. The quantitative estimate of drug-likeness (QED) is 0.617. The number of nitrogens with one attached hydrogen (secondary N) is 2. The first kappa shape index (κ1) is 16.7. The largest absolute Gasteiger partial charge is 0.379 e.